The Hall–Kier alpha value is -2.87. The number of methoxy groups -OCH3 is 1. The first kappa shape index (κ1) is 17.5. The first-order chi connectivity index (χ1) is 13.2. The number of urea groups is 1. The number of thiophene rings is 1. The number of benzene rings is 1. The maximum atomic E-state index is 12.6. The van der Waals surface area contributed by atoms with E-state index in [4.69, 9.17) is 9.15 Å². The Morgan fingerprint density at radius 2 is 2.15 bits per heavy atom. The molecule has 0 saturated carbocycles. The van der Waals surface area contributed by atoms with Gasteiger partial charge < -0.3 is 19.4 Å². The topological polar surface area (TPSA) is 80.5 Å². The minimum atomic E-state index is -0.123. The number of likely N-dealkylation sites (tertiary alicyclic amines) is 1. The highest BCUT2D eigenvalue weighted by atomic mass is 32.1. The van der Waals surface area contributed by atoms with Crippen LogP contribution in [0.5, 0.6) is 5.75 Å². The van der Waals surface area contributed by atoms with Crippen LogP contribution in [0.25, 0.3) is 11.5 Å². The molecule has 0 bridgehead atoms. The Bertz CT molecular complexity index is 892. The van der Waals surface area contributed by atoms with Crippen LogP contribution >= 0.6 is 11.3 Å². The number of hydrogen-bond donors (Lipinski definition) is 1. The average molecular weight is 384 g/mol. The van der Waals surface area contributed by atoms with Crippen LogP contribution in [0.1, 0.15) is 24.7 Å². The molecule has 1 N–H and O–H groups in total. The van der Waals surface area contributed by atoms with Gasteiger partial charge in [0.25, 0.3) is 0 Å². The fourth-order valence-electron chi connectivity index (χ4n) is 3.14. The number of aromatic nitrogens is 2. The van der Waals surface area contributed by atoms with Crippen molar-refractivity contribution in [3.63, 3.8) is 0 Å². The molecule has 8 heteroatoms. The third kappa shape index (κ3) is 3.95. The van der Waals surface area contributed by atoms with Gasteiger partial charge in [-0.15, -0.1) is 10.2 Å². The Morgan fingerprint density at radius 1 is 1.30 bits per heavy atom. The number of ether oxygens (including phenoxy) is 1. The maximum absolute atomic E-state index is 12.6. The van der Waals surface area contributed by atoms with E-state index in [1.165, 1.54) is 0 Å². The minimum absolute atomic E-state index is 0.0558. The number of piperidine rings is 1. The number of carbonyl (C=O) groups excluding carboxylic acids is 1. The van der Waals surface area contributed by atoms with Crippen molar-refractivity contribution in [2.24, 2.45) is 0 Å². The molecule has 1 fully saturated rings. The van der Waals surface area contributed by atoms with E-state index in [-0.39, 0.29) is 11.9 Å². The van der Waals surface area contributed by atoms with Crippen molar-refractivity contribution in [2.75, 3.05) is 25.5 Å². The van der Waals surface area contributed by atoms with Crippen LogP contribution in [0.15, 0.2) is 45.5 Å². The van der Waals surface area contributed by atoms with Gasteiger partial charge in [0.05, 0.1) is 13.0 Å². The molecule has 1 aliphatic rings. The van der Waals surface area contributed by atoms with Gasteiger partial charge in [-0.3, -0.25) is 0 Å². The molecule has 1 atom stereocenters. The van der Waals surface area contributed by atoms with Crippen LogP contribution in [-0.2, 0) is 0 Å². The summed E-state index contributed by atoms with van der Waals surface area (Å²) in [7, 11) is 1.61. The summed E-state index contributed by atoms with van der Waals surface area (Å²) < 4.78 is 11.0. The van der Waals surface area contributed by atoms with Crippen molar-refractivity contribution in [3.8, 4) is 17.2 Å². The van der Waals surface area contributed by atoms with Gasteiger partial charge in [0, 0.05) is 29.7 Å². The highest BCUT2D eigenvalue weighted by Crippen LogP contribution is 2.29. The lowest BCUT2D eigenvalue weighted by atomic mass is 9.98. The van der Waals surface area contributed by atoms with Crippen molar-refractivity contribution in [3.05, 3.63) is 47.0 Å². The van der Waals surface area contributed by atoms with Gasteiger partial charge in [0.2, 0.25) is 11.8 Å². The zero-order chi connectivity index (χ0) is 18.6. The molecule has 1 aromatic carbocycles. The molecule has 1 unspecified atom stereocenters. The Morgan fingerprint density at radius 3 is 2.89 bits per heavy atom. The summed E-state index contributed by atoms with van der Waals surface area (Å²) >= 11 is 1.59. The van der Waals surface area contributed by atoms with Gasteiger partial charge in [-0.05, 0) is 48.6 Å². The van der Waals surface area contributed by atoms with Crippen LogP contribution < -0.4 is 10.1 Å². The number of hydrogen-bond acceptors (Lipinski definition) is 6. The summed E-state index contributed by atoms with van der Waals surface area (Å²) in [6.45, 7) is 1.28. The molecule has 2 amide bonds. The quantitative estimate of drug-likeness (QED) is 0.728. The normalized spacial score (nSPS) is 16.9. The highest BCUT2D eigenvalue weighted by molar-refractivity contribution is 7.08. The van der Waals surface area contributed by atoms with Gasteiger partial charge in [0.15, 0.2) is 0 Å². The van der Waals surface area contributed by atoms with Crippen molar-refractivity contribution >= 4 is 23.1 Å². The van der Waals surface area contributed by atoms with E-state index in [1.807, 2.05) is 41.1 Å². The molecule has 7 nitrogen and oxygen atoms in total. The van der Waals surface area contributed by atoms with Crippen LogP contribution in [0.3, 0.4) is 0 Å². The lowest BCUT2D eigenvalue weighted by molar-refractivity contribution is 0.187. The van der Waals surface area contributed by atoms with E-state index in [2.05, 4.69) is 15.5 Å². The van der Waals surface area contributed by atoms with Crippen molar-refractivity contribution in [2.45, 2.75) is 18.8 Å². The third-order valence-corrected chi connectivity index (χ3v) is 5.29. The van der Waals surface area contributed by atoms with E-state index < -0.39 is 0 Å². The number of carbonyl (C=O) groups is 1. The molecular formula is C19H20N4O3S. The minimum Gasteiger partial charge on any atom is -0.497 e. The second-order valence-corrected chi connectivity index (χ2v) is 7.18. The van der Waals surface area contributed by atoms with E-state index in [9.17, 15) is 4.79 Å². The molecule has 2 aromatic heterocycles. The Kier molecular flexibility index (Phi) is 5.06. The fourth-order valence-corrected chi connectivity index (χ4v) is 3.77. The van der Waals surface area contributed by atoms with Gasteiger partial charge in [0.1, 0.15) is 5.75 Å². The molecule has 3 aromatic rings. The van der Waals surface area contributed by atoms with Crippen LogP contribution in [0, 0.1) is 0 Å². The molecule has 4 rings (SSSR count). The summed E-state index contributed by atoms with van der Waals surface area (Å²) in [5.41, 5.74) is 1.67. The van der Waals surface area contributed by atoms with E-state index in [1.54, 1.807) is 23.3 Å². The van der Waals surface area contributed by atoms with Crippen molar-refractivity contribution < 1.29 is 13.9 Å². The summed E-state index contributed by atoms with van der Waals surface area (Å²) in [4.78, 5) is 14.4. The Labute approximate surface area is 161 Å². The van der Waals surface area contributed by atoms with Crippen molar-refractivity contribution in [1.82, 2.24) is 15.1 Å². The summed E-state index contributed by atoms with van der Waals surface area (Å²) in [5, 5.41) is 15.2. The molecule has 0 radical (unpaired) electrons. The molecule has 1 aliphatic heterocycles. The lowest BCUT2D eigenvalue weighted by Crippen LogP contribution is -2.41. The standard InChI is InChI=1S/C19H20N4O3S/c1-25-16-6-4-15(5-7-16)20-19(24)23-9-2-3-13(11-23)17-21-22-18(26-17)14-8-10-27-12-14/h4-8,10,12-13H,2-3,9,11H2,1H3,(H,20,24). The van der Waals surface area contributed by atoms with Gasteiger partial charge in [-0.25, -0.2) is 4.79 Å². The zero-order valence-corrected chi connectivity index (χ0v) is 15.7. The molecule has 140 valence electrons. The Balaban J connectivity index is 1.40. The van der Waals surface area contributed by atoms with Crippen LogP contribution in [0.2, 0.25) is 0 Å². The molecule has 3 heterocycles. The number of anilines is 1. The molecule has 0 spiro atoms. The predicted molar refractivity (Wildman–Crippen MR) is 103 cm³/mol. The van der Waals surface area contributed by atoms with E-state index in [0.717, 1.165) is 29.8 Å². The predicted octanol–water partition coefficient (Wildman–Crippen LogP) is 4.22. The van der Waals surface area contributed by atoms with Crippen LogP contribution in [-0.4, -0.2) is 41.3 Å². The van der Waals surface area contributed by atoms with Gasteiger partial charge >= 0.3 is 6.03 Å². The number of nitrogens with zero attached hydrogens (tertiary/aromatic N) is 3. The number of nitrogens with one attached hydrogen (secondary N) is 1. The average Bonchev–Trinajstić information content (AvgIpc) is 3.40. The molecule has 1 saturated heterocycles. The summed E-state index contributed by atoms with van der Waals surface area (Å²) in [6.07, 6.45) is 1.83. The van der Waals surface area contributed by atoms with Crippen LogP contribution in [0.4, 0.5) is 10.5 Å². The highest BCUT2D eigenvalue weighted by Gasteiger charge is 2.28. The first-order valence-electron chi connectivity index (χ1n) is 8.79. The fraction of sp³-hybridized carbons (Fsp3) is 0.316. The molecular weight excluding hydrogens is 364 g/mol. The maximum Gasteiger partial charge on any atom is 0.321 e. The second-order valence-electron chi connectivity index (χ2n) is 6.40. The molecule has 0 aliphatic carbocycles. The van der Waals surface area contributed by atoms with Crippen molar-refractivity contribution in [1.29, 1.82) is 0 Å². The SMILES string of the molecule is COc1ccc(NC(=O)N2CCCC(c3nnc(-c4ccsc4)o3)C2)cc1. The molecule has 27 heavy (non-hydrogen) atoms. The summed E-state index contributed by atoms with van der Waals surface area (Å²) in [6, 6.07) is 9.12. The number of amides is 2. The first-order valence-corrected chi connectivity index (χ1v) is 9.73. The lowest BCUT2D eigenvalue weighted by Gasteiger charge is -2.31. The zero-order valence-electron chi connectivity index (χ0n) is 14.9. The van der Waals surface area contributed by atoms with Gasteiger partial charge in [-0.1, -0.05) is 0 Å². The van der Waals surface area contributed by atoms with E-state index >= 15 is 0 Å². The summed E-state index contributed by atoms with van der Waals surface area (Å²) in [5.74, 6) is 1.94. The smallest absolute Gasteiger partial charge is 0.321 e. The largest absolute Gasteiger partial charge is 0.497 e. The van der Waals surface area contributed by atoms with E-state index in [0.29, 0.717) is 24.9 Å². The van der Waals surface area contributed by atoms with Gasteiger partial charge in [-0.2, -0.15) is 11.3 Å². The number of rotatable bonds is 4. The third-order valence-electron chi connectivity index (χ3n) is 4.61. The second kappa shape index (κ2) is 7.79. The monoisotopic (exact) mass is 384 g/mol.